The molecule has 0 radical (unpaired) electrons. The first-order valence-corrected chi connectivity index (χ1v) is 8.86. The molecule has 0 saturated carbocycles. The Kier molecular flexibility index (Phi) is 6.25. The van der Waals surface area contributed by atoms with Gasteiger partial charge in [0.05, 0.1) is 22.0 Å². The largest absolute Gasteiger partial charge is 0.350 e. The maximum absolute atomic E-state index is 12.6. The monoisotopic (exact) mass is 362 g/mol. The Bertz CT molecular complexity index is 744. The molecule has 1 aromatic carbocycles. The van der Waals surface area contributed by atoms with Crippen molar-refractivity contribution in [2.45, 2.75) is 33.7 Å². The molecule has 2 aromatic rings. The lowest BCUT2D eigenvalue weighted by Crippen LogP contribution is -2.43. The fourth-order valence-corrected chi connectivity index (χ4v) is 3.22. The molecule has 136 valence electrons. The Morgan fingerprint density at radius 1 is 1.28 bits per heavy atom. The summed E-state index contributed by atoms with van der Waals surface area (Å²) in [6.45, 7) is 8.80. The maximum Gasteiger partial charge on any atom is 0.252 e. The number of rotatable bonds is 6. The van der Waals surface area contributed by atoms with Gasteiger partial charge in [0.25, 0.3) is 5.91 Å². The number of likely N-dealkylation sites (N-methyl/N-ethyl adjacent to an activating group) is 1. The summed E-state index contributed by atoms with van der Waals surface area (Å²) in [4.78, 5) is 14.8. The van der Waals surface area contributed by atoms with E-state index in [1.165, 1.54) is 0 Å². The van der Waals surface area contributed by atoms with Crippen molar-refractivity contribution in [2.75, 3.05) is 20.6 Å². The van der Waals surface area contributed by atoms with E-state index >= 15 is 0 Å². The zero-order valence-corrected chi connectivity index (χ0v) is 16.6. The van der Waals surface area contributed by atoms with Crippen LogP contribution in [0.3, 0.4) is 0 Å². The lowest BCUT2D eigenvalue weighted by molar-refractivity contribution is 0.0935. The average Bonchev–Trinajstić information content (AvgIpc) is 2.85. The van der Waals surface area contributed by atoms with Gasteiger partial charge < -0.3 is 10.2 Å². The fourth-order valence-electron chi connectivity index (χ4n) is 3.02. The fraction of sp³-hybridized carbons (Fsp3) is 0.474. The molecular weight excluding hydrogens is 336 g/mol. The van der Waals surface area contributed by atoms with Crippen molar-refractivity contribution in [2.24, 2.45) is 5.92 Å². The second-order valence-electron chi connectivity index (χ2n) is 6.99. The van der Waals surface area contributed by atoms with Crippen LogP contribution in [0.1, 0.15) is 35.6 Å². The molecule has 0 saturated heterocycles. The summed E-state index contributed by atoms with van der Waals surface area (Å²) >= 11 is 6.26. The number of nitrogens with zero attached hydrogens (tertiary/aromatic N) is 3. The molecule has 1 unspecified atom stereocenters. The van der Waals surface area contributed by atoms with E-state index in [2.05, 4.69) is 29.2 Å². The van der Waals surface area contributed by atoms with E-state index in [4.69, 9.17) is 11.6 Å². The number of amides is 1. The molecule has 0 bridgehead atoms. The van der Waals surface area contributed by atoms with Gasteiger partial charge in [0.15, 0.2) is 0 Å². The van der Waals surface area contributed by atoms with Crippen LogP contribution in [0.5, 0.6) is 0 Å². The third kappa shape index (κ3) is 4.61. The lowest BCUT2D eigenvalue weighted by atomic mass is 10.0. The Labute approximate surface area is 155 Å². The number of benzene rings is 1. The number of carbonyl (C=O) groups is 1. The molecule has 1 N–H and O–H groups in total. The highest BCUT2D eigenvalue weighted by atomic mass is 35.5. The minimum Gasteiger partial charge on any atom is -0.350 e. The van der Waals surface area contributed by atoms with Gasteiger partial charge in [-0.05, 0) is 58.1 Å². The highest BCUT2D eigenvalue weighted by molar-refractivity contribution is 6.33. The normalized spacial score (nSPS) is 12.7. The number of hydrogen-bond acceptors (Lipinski definition) is 3. The van der Waals surface area contributed by atoms with E-state index in [1.54, 1.807) is 12.1 Å². The number of nitrogens with one attached hydrogen (secondary N) is 1. The van der Waals surface area contributed by atoms with Gasteiger partial charge in [0, 0.05) is 18.3 Å². The van der Waals surface area contributed by atoms with E-state index in [0.29, 0.717) is 23.0 Å². The summed E-state index contributed by atoms with van der Waals surface area (Å²) in [7, 11) is 4.04. The Hall–Kier alpha value is -1.85. The van der Waals surface area contributed by atoms with Gasteiger partial charge >= 0.3 is 0 Å². The molecule has 2 rings (SSSR count). The van der Waals surface area contributed by atoms with Gasteiger partial charge in [-0.2, -0.15) is 5.10 Å². The zero-order valence-electron chi connectivity index (χ0n) is 15.8. The van der Waals surface area contributed by atoms with Crippen LogP contribution in [0.25, 0.3) is 5.69 Å². The summed E-state index contributed by atoms with van der Waals surface area (Å²) < 4.78 is 1.82. The van der Waals surface area contributed by atoms with Crippen LogP contribution >= 0.6 is 11.6 Å². The molecule has 1 atom stereocenters. The minimum atomic E-state index is -0.166. The average molecular weight is 363 g/mol. The quantitative estimate of drug-likeness (QED) is 0.856. The maximum atomic E-state index is 12.6. The van der Waals surface area contributed by atoms with Gasteiger partial charge in [-0.1, -0.05) is 25.4 Å². The third-order valence-corrected chi connectivity index (χ3v) is 4.68. The summed E-state index contributed by atoms with van der Waals surface area (Å²) in [5.41, 5.74) is 3.24. The third-order valence-electron chi connectivity index (χ3n) is 4.35. The van der Waals surface area contributed by atoms with Crippen molar-refractivity contribution in [3.63, 3.8) is 0 Å². The molecule has 0 aliphatic heterocycles. The lowest BCUT2D eigenvalue weighted by Gasteiger charge is -2.28. The Balaban J connectivity index is 2.22. The first-order valence-electron chi connectivity index (χ1n) is 8.48. The van der Waals surface area contributed by atoms with Gasteiger partial charge in [-0.15, -0.1) is 0 Å². The van der Waals surface area contributed by atoms with Gasteiger partial charge in [0.1, 0.15) is 0 Å². The second kappa shape index (κ2) is 8.02. The number of halogens is 1. The molecule has 1 heterocycles. The van der Waals surface area contributed by atoms with E-state index in [1.807, 2.05) is 44.8 Å². The van der Waals surface area contributed by atoms with Gasteiger partial charge in [-0.3, -0.25) is 4.79 Å². The number of aromatic nitrogens is 2. The van der Waals surface area contributed by atoms with Gasteiger partial charge in [0.2, 0.25) is 0 Å². The van der Waals surface area contributed by atoms with E-state index in [9.17, 15) is 4.79 Å². The number of carbonyl (C=O) groups excluding carboxylic acids is 1. The van der Waals surface area contributed by atoms with Gasteiger partial charge in [-0.25, -0.2) is 4.68 Å². The zero-order chi connectivity index (χ0) is 18.7. The predicted octanol–water partition coefficient (Wildman–Crippen LogP) is 3.46. The number of hydrogen-bond donors (Lipinski definition) is 1. The standard InChI is InChI=1S/C19H27ClN4O/c1-12(2)18(23(5)6)11-21-19(25)16-10-15(7-8-17(16)20)24-14(4)9-13(3)22-24/h7-10,12,18H,11H2,1-6H3,(H,21,25). The van der Waals surface area contributed by atoms with Crippen LogP contribution in [0.15, 0.2) is 24.3 Å². The van der Waals surface area contributed by atoms with Crippen LogP contribution in [0.4, 0.5) is 0 Å². The molecule has 0 spiro atoms. The van der Waals surface area contributed by atoms with Crippen molar-refractivity contribution in [1.29, 1.82) is 0 Å². The van der Waals surface area contributed by atoms with Crippen LogP contribution in [0.2, 0.25) is 5.02 Å². The molecule has 6 heteroatoms. The first kappa shape index (κ1) is 19.5. The Morgan fingerprint density at radius 2 is 1.96 bits per heavy atom. The van der Waals surface area contributed by atoms with Crippen molar-refractivity contribution in [3.8, 4) is 5.69 Å². The molecule has 0 aliphatic carbocycles. The summed E-state index contributed by atoms with van der Waals surface area (Å²) in [5.74, 6) is 0.271. The molecule has 25 heavy (non-hydrogen) atoms. The van der Waals surface area contributed by atoms with Crippen LogP contribution in [-0.4, -0.2) is 47.3 Å². The van der Waals surface area contributed by atoms with Crippen LogP contribution in [-0.2, 0) is 0 Å². The summed E-state index contributed by atoms with van der Waals surface area (Å²) in [6.07, 6.45) is 0. The van der Waals surface area contributed by atoms with Crippen molar-refractivity contribution in [3.05, 3.63) is 46.2 Å². The Morgan fingerprint density at radius 3 is 2.48 bits per heavy atom. The highest BCUT2D eigenvalue weighted by Gasteiger charge is 2.19. The minimum absolute atomic E-state index is 0.166. The first-order chi connectivity index (χ1) is 11.7. The summed E-state index contributed by atoms with van der Waals surface area (Å²) in [6, 6.07) is 7.67. The van der Waals surface area contributed by atoms with Crippen molar-refractivity contribution in [1.82, 2.24) is 20.0 Å². The smallest absolute Gasteiger partial charge is 0.252 e. The highest BCUT2D eigenvalue weighted by Crippen LogP contribution is 2.21. The predicted molar refractivity (Wildman–Crippen MR) is 103 cm³/mol. The van der Waals surface area contributed by atoms with Crippen LogP contribution < -0.4 is 5.32 Å². The molecule has 1 aromatic heterocycles. The van der Waals surface area contributed by atoms with E-state index < -0.39 is 0 Å². The second-order valence-corrected chi connectivity index (χ2v) is 7.40. The SMILES string of the molecule is Cc1cc(C)n(-c2ccc(Cl)c(C(=O)NCC(C(C)C)N(C)C)c2)n1. The number of aryl methyl sites for hydroxylation is 2. The molecular formula is C19H27ClN4O. The van der Waals surface area contributed by atoms with E-state index in [0.717, 1.165) is 17.1 Å². The van der Waals surface area contributed by atoms with Crippen molar-refractivity contribution < 1.29 is 4.79 Å². The van der Waals surface area contributed by atoms with E-state index in [-0.39, 0.29) is 11.9 Å². The molecule has 0 fully saturated rings. The molecule has 5 nitrogen and oxygen atoms in total. The summed E-state index contributed by atoms with van der Waals surface area (Å²) in [5, 5.41) is 7.91. The molecule has 1 amide bonds. The topological polar surface area (TPSA) is 50.2 Å². The van der Waals surface area contributed by atoms with Crippen LogP contribution in [0, 0.1) is 19.8 Å². The molecule has 0 aliphatic rings. The van der Waals surface area contributed by atoms with Crippen molar-refractivity contribution >= 4 is 17.5 Å².